The first-order valence-corrected chi connectivity index (χ1v) is 6.04. The highest BCUT2D eigenvalue weighted by Gasteiger charge is 2.12. The maximum absolute atomic E-state index is 11.0. The van der Waals surface area contributed by atoms with Crippen LogP contribution in [0, 0.1) is 0 Å². The molecule has 0 bridgehead atoms. The fraction of sp³-hybridized carbons (Fsp3) is 0.667. The molecule has 0 spiro atoms. The number of carbonyl (C=O) groups excluding carboxylic acids is 1. The van der Waals surface area contributed by atoms with Crippen molar-refractivity contribution in [3.05, 3.63) is 12.2 Å². The molecule has 0 aliphatic carbocycles. The molecule has 90 valence electrons. The molecule has 16 heavy (non-hydrogen) atoms. The second-order valence-corrected chi connectivity index (χ2v) is 4.43. The maximum Gasteiger partial charge on any atom is 0.322 e. The standard InChI is InChI=1S/C9H16N4O2S/c1-13-6-11-12-8(13)5-16-4-3-7(10)9(14)15-2/h6-7H,3-5,10H2,1-2H3. The number of thioether (sulfide) groups is 1. The van der Waals surface area contributed by atoms with Crippen LogP contribution < -0.4 is 5.73 Å². The van der Waals surface area contributed by atoms with Crippen molar-refractivity contribution in [1.82, 2.24) is 14.8 Å². The van der Waals surface area contributed by atoms with Gasteiger partial charge in [0.1, 0.15) is 18.2 Å². The third kappa shape index (κ3) is 3.82. The van der Waals surface area contributed by atoms with Gasteiger partial charge in [-0.2, -0.15) is 11.8 Å². The van der Waals surface area contributed by atoms with E-state index in [2.05, 4.69) is 14.9 Å². The average molecular weight is 244 g/mol. The maximum atomic E-state index is 11.0. The molecule has 0 aliphatic rings. The number of rotatable bonds is 6. The number of aryl methyl sites for hydroxylation is 1. The van der Waals surface area contributed by atoms with E-state index in [9.17, 15) is 4.79 Å². The number of methoxy groups -OCH3 is 1. The lowest BCUT2D eigenvalue weighted by Gasteiger charge is -2.08. The number of nitrogens with two attached hydrogens (primary N) is 1. The Bertz CT molecular complexity index is 342. The van der Waals surface area contributed by atoms with Crippen molar-refractivity contribution in [2.45, 2.75) is 18.2 Å². The van der Waals surface area contributed by atoms with Gasteiger partial charge in [0.15, 0.2) is 0 Å². The summed E-state index contributed by atoms with van der Waals surface area (Å²) in [7, 11) is 3.24. The van der Waals surface area contributed by atoms with Crippen LogP contribution in [0.1, 0.15) is 12.2 Å². The molecule has 0 saturated heterocycles. The van der Waals surface area contributed by atoms with Crippen molar-refractivity contribution < 1.29 is 9.53 Å². The predicted octanol–water partition coefficient (Wildman–Crippen LogP) is -0.0613. The van der Waals surface area contributed by atoms with Crippen molar-refractivity contribution in [1.29, 1.82) is 0 Å². The van der Waals surface area contributed by atoms with Crippen molar-refractivity contribution in [2.75, 3.05) is 12.9 Å². The summed E-state index contributed by atoms with van der Waals surface area (Å²) in [6, 6.07) is -0.531. The number of nitrogens with zero attached hydrogens (tertiary/aromatic N) is 3. The van der Waals surface area contributed by atoms with E-state index < -0.39 is 6.04 Å². The lowest BCUT2D eigenvalue weighted by molar-refractivity contribution is -0.142. The van der Waals surface area contributed by atoms with Crippen molar-refractivity contribution >= 4 is 17.7 Å². The minimum Gasteiger partial charge on any atom is -0.468 e. The summed E-state index contributed by atoms with van der Waals surface area (Å²) in [6.45, 7) is 0. The Balaban J connectivity index is 2.17. The van der Waals surface area contributed by atoms with Crippen LogP contribution in [-0.4, -0.2) is 39.6 Å². The van der Waals surface area contributed by atoms with Gasteiger partial charge in [-0.05, 0) is 12.2 Å². The monoisotopic (exact) mass is 244 g/mol. The third-order valence-electron chi connectivity index (χ3n) is 2.11. The molecule has 0 fully saturated rings. The van der Waals surface area contributed by atoms with Gasteiger partial charge in [-0.25, -0.2) is 0 Å². The largest absolute Gasteiger partial charge is 0.468 e. The number of hydrogen-bond acceptors (Lipinski definition) is 6. The number of ether oxygens (including phenoxy) is 1. The molecule has 1 atom stereocenters. The molecule has 6 nitrogen and oxygen atoms in total. The Kier molecular flexibility index (Phi) is 5.27. The first-order valence-electron chi connectivity index (χ1n) is 4.89. The van der Waals surface area contributed by atoms with Crippen LogP contribution in [0.4, 0.5) is 0 Å². The summed E-state index contributed by atoms with van der Waals surface area (Å²) in [5, 5.41) is 7.73. The Morgan fingerprint density at radius 1 is 1.75 bits per heavy atom. The van der Waals surface area contributed by atoms with Crippen LogP contribution in [0.15, 0.2) is 6.33 Å². The molecule has 1 heterocycles. The van der Waals surface area contributed by atoms with Crippen LogP contribution >= 0.6 is 11.8 Å². The van der Waals surface area contributed by atoms with Crippen molar-refractivity contribution in [3.63, 3.8) is 0 Å². The fourth-order valence-electron chi connectivity index (χ4n) is 1.08. The smallest absolute Gasteiger partial charge is 0.322 e. The minimum absolute atomic E-state index is 0.362. The zero-order valence-corrected chi connectivity index (χ0v) is 10.2. The summed E-state index contributed by atoms with van der Waals surface area (Å²) in [6.07, 6.45) is 2.27. The Morgan fingerprint density at radius 2 is 2.50 bits per heavy atom. The summed E-state index contributed by atoms with van der Waals surface area (Å²) in [5.41, 5.74) is 5.60. The molecule has 1 rings (SSSR count). The molecular weight excluding hydrogens is 228 g/mol. The summed E-state index contributed by atoms with van der Waals surface area (Å²) in [5.74, 6) is 2.11. The van der Waals surface area contributed by atoms with E-state index in [1.807, 2.05) is 11.6 Å². The first-order chi connectivity index (χ1) is 7.65. The van der Waals surface area contributed by atoms with E-state index in [1.54, 1.807) is 18.1 Å². The topological polar surface area (TPSA) is 83.0 Å². The van der Waals surface area contributed by atoms with Gasteiger partial charge in [0.2, 0.25) is 0 Å². The second-order valence-electron chi connectivity index (χ2n) is 3.33. The van der Waals surface area contributed by atoms with E-state index in [1.165, 1.54) is 7.11 Å². The van der Waals surface area contributed by atoms with Gasteiger partial charge in [-0.1, -0.05) is 0 Å². The molecule has 0 radical (unpaired) electrons. The first kappa shape index (κ1) is 13.0. The number of aromatic nitrogens is 3. The molecule has 0 saturated carbocycles. The molecule has 1 aromatic rings. The zero-order valence-electron chi connectivity index (χ0n) is 9.42. The highest BCUT2D eigenvalue weighted by molar-refractivity contribution is 7.98. The van der Waals surface area contributed by atoms with E-state index >= 15 is 0 Å². The van der Waals surface area contributed by atoms with Crippen LogP contribution in [0.2, 0.25) is 0 Å². The fourth-order valence-corrected chi connectivity index (χ4v) is 2.09. The summed E-state index contributed by atoms with van der Waals surface area (Å²) in [4.78, 5) is 11.0. The Labute approximate surface area is 98.6 Å². The highest BCUT2D eigenvalue weighted by atomic mass is 32.2. The molecular formula is C9H16N4O2S. The van der Waals surface area contributed by atoms with Crippen LogP contribution in [0.25, 0.3) is 0 Å². The summed E-state index contributed by atoms with van der Waals surface area (Å²) < 4.78 is 6.40. The van der Waals surface area contributed by atoms with Gasteiger partial charge < -0.3 is 15.0 Å². The van der Waals surface area contributed by atoms with Crippen molar-refractivity contribution in [2.24, 2.45) is 12.8 Å². The van der Waals surface area contributed by atoms with E-state index in [-0.39, 0.29) is 5.97 Å². The van der Waals surface area contributed by atoms with Crippen LogP contribution in [-0.2, 0) is 22.3 Å². The number of esters is 1. The Hall–Kier alpha value is -1.08. The molecule has 1 unspecified atom stereocenters. The number of carbonyl (C=O) groups is 1. The van der Waals surface area contributed by atoms with Crippen molar-refractivity contribution in [3.8, 4) is 0 Å². The van der Waals surface area contributed by atoms with Crippen LogP contribution in [0.5, 0.6) is 0 Å². The van der Waals surface area contributed by atoms with Gasteiger partial charge in [0.05, 0.1) is 12.9 Å². The molecule has 0 aliphatic heterocycles. The minimum atomic E-state index is -0.531. The van der Waals surface area contributed by atoms with E-state index in [0.717, 1.165) is 17.3 Å². The third-order valence-corrected chi connectivity index (χ3v) is 3.10. The van der Waals surface area contributed by atoms with Gasteiger partial charge in [0, 0.05) is 7.05 Å². The van der Waals surface area contributed by atoms with Gasteiger partial charge in [-0.3, -0.25) is 4.79 Å². The number of hydrogen-bond donors (Lipinski definition) is 1. The molecule has 1 aromatic heterocycles. The van der Waals surface area contributed by atoms with Crippen LogP contribution in [0.3, 0.4) is 0 Å². The predicted molar refractivity (Wildman–Crippen MR) is 61.8 cm³/mol. The average Bonchev–Trinajstić information content (AvgIpc) is 2.69. The van der Waals surface area contributed by atoms with Gasteiger partial charge in [-0.15, -0.1) is 10.2 Å². The second kappa shape index (κ2) is 6.49. The van der Waals surface area contributed by atoms with Gasteiger partial charge >= 0.3 is 5.97 Å². The van der Waals surface area contributed by atoms with E-state index in [0.29, 0.717) is 6.42 Å². The normalized spacial score (nSPS) is 12.4. The quantitative estimate of drug-likeness (QED) is 0.557. The highest BCUT2D eigenvalue weighted by Crippen LogP contribution is 2.11. The molecule has 7 heteroatoms. The SMILES string of the molecule is COC(=O)C(N)CCSCc1nncn1C. The molecule has 2 N–H and O–H groups in total. The van der Waals surface area contributed by atoms with E-state index in [4.69, 9.17) is 5.73 Å². The Morgan fingerprint density at radius 3 is 3.06 bits per heavy atom. The summed E-state index contributed by atoms with van der Waals surface area (Å²) >= 11 is 1.67. The molecule has 0 aromatic carbocycles. The lowest BCUT2D eigenvalue weighted by Crippen LogP contribution is -2.31. The van der Waals surface area contributed by atoms with Gasteiger partial charge in [0.25, 0.3) is 0 Å². The lowest BCUT2D eigenvalue weighted by atomic mass is 10.2. The zero-order chi connectivity index (χ0) is 12.0. The molecule has 0 amide bonds.